The van der Waals surface area contributed by atoms with Crippen molar-refractivity contribution in [2.24, 2.45) is 12.8 Å². The Labute approximate surface area is 230 Å². The van der Waals surface area contributed by atoms with Crippen LogP contribution in [0.15, 0.2) is 65.8 Å². The number of nitrogens with zero attached hydrogens (tertiary/aromatic N) is 6. The van der Waals surface area contributed by atoms with Crippen LogP contribution in [0.5, 0.6) is 0 Å². The number of anilines is 2. The normalized spacial score (nSPS) is 15.0. The molecule has 208 valence electrons. The largest absolute Gasteiger partial charge is 0.366 e. The highest BCUT2D eigenvalue weighted by Gasteiger charge is 2.28. The molecule has 13 heteroatoms. The summed E-state index contributed by atoms with van der Waals surface area (Å²) in [5.41, 5.74) is 6.41. The van der Waals surface area contributed by atoms with Crippen molar-refractivity contribution in [3.05, 3.63) is 94.4 Å². The monoisotopic (exact) mass is 560 g/mol. The van der Waals surface area contributed by atoms with Crippen LogP contribution in [0.2, 0.25) is 0 Å². The third kappa shape index (κ3) is 4.49. The van der Waals surface area contributed by atoms with E-state index in [1.807, 2.05) is 4.90 Å². The summed E-state index contributed by atoms with van der Waals surface area (Å²) < 4.78 is 45.7. The molecule has 3 N–H and O–H groups in total. The molecule has 1 atom stereocenters. The molecule has 10 nitrogen and oxygen atoms in total. The lowest BCUT2D eigenvalue weighted by molar-refractivity contribution is 0.102. The number of benzene rings is 2. The fraction of sp³-hybridized carbons (Fsp3) is 0.179. The average Bonchev–Trinajstić information content (AvgIpc) is 3.52. The van der Waals surface area contributed by atoms with Crippen molar-refractivity contribution in [1.29, 1.82) is 0 Å². The zero-order valence-corrected chi connectivity index (χ0v) is 21.7. The maximum atomic E-state index is 14.6. The van der Waals surface area contributed by atoms with Gasteiger partial charge < -0.3 is 20.5 Å². The fourth-order valence-electron chi connectivity index (χ4n) is 5.08. The zero-order chi connectivity index (χ0) is 28.8. The minimum absolute atomic E-state index is 0.113. The summed E-state index contributed by atoms with van der Waals surface area (Å²) in [7, 11) is 1.75. The van der Waals surface area contributed by atoms with Crippen LogP contribution < -0.4 is 21.5 Å². The number of fused-ring (bicyclic) bond motifs is 1. The van der Waals surface area contributed by atoms with Crippen molar-refractivity contribution in [3.63, 3.8) is 0 Å². The van der Waals surface area contributed by atoms with E-state index in [1.54, 1.807) is 23.7 Å². The van der Waals surface area contributed by atoms with E-state index in [4.69, 9.17) is 10.7 Å². The molecule has 0 radical (unpaired) electrons. The minimum Gasteiger partial charge on any atom is -0.366 e. The van der Waals surface area contributed by atoms with Crippen LogP contribution in [0.1, 0.15) is 16.8 Å². The summed E-state index contributed by atoms with van der Waals surface area (Å²) >= 11 is 0. The van der Waals surface area contributed by atoms with Gasteiger partial charge in [-0.05, 0) is 42.8 Å². The molecule has 5 aromatic rings. The van der Waals surface area contributed by atoms with Gasteiger partial charge in [-0.1, -0.05) is 6.07 Å². The Morgan fingerprint density at radius 2 is 1.80 bits per heavy atom. The number of carbonyl (C=O) groups excluding carboxylic acids is 1. The molecule has 1 aliphatic rings. The van der Waals surface area contributed by atoms with E-state index in [2.05, 4.69) is 15.4 Å². The number of aryl methyl sites for hydroxylation is 1. The topological polar surface area (TPSA) is 124 Å². The number of rotatable bonds is 5. The maximum Gasteiger partial charge on any atom is 0.284 e. The van der Waals surface area contributed by atoms with E-state index in [0.717, 1.165) is 30.6 Å². The molecular weight excluding hydrogens is 537 g/mol. The van der Waals surface area contributed by atoms with Crippen LogP contribution in [-0.4, -0.2) is 49.4 Å². The lowest BCUT2D eigenvalue weighted by atomic mass is 10.2. The molecule has 0 bridgehead atoms. The number of nitrogens with two attached hydrogens (primary N) is 1. The number of hydrogen-bond acceptors (Lipinski definition) is 7. The van der Waals surface area contributed by atoms with Crippen LogP contribution >= 0.6 is 0 Å². The number of pyridine rings is 1. The molecule has 0 spiro atoms. The number of amides is 1. The second-order valence-electron chi connectivity index (χ2n) is 9.66. The van der Waals surface area contributed by atoms with Gasteiger partial charge in [-0.3, -0.25) is 14.6 Å². The van der Waals surface area contributed by atoms with Crippen molar-refractivity contribution in [2.75, 3.05) is 23.3 Å². The molecular formula is C28H23F3N8O2. The van der Waals surface area contributed by atoms with E-state index >= 15 is 0 Å². The highest BCUT2D eigenvalue weighted by molar-refractivity contribution is 6.09. The SMILES string of the molecule is Cn1c(-c2ccncc2F)nc2c(N3CCC(N)C3)c(NC(=O)c3ccnn(-c4c(F)cccc4F)c3=O)ccc21. The van der Waals surface area contributed by atoms with E-state index < -0.39 is 34.6 Å². The molecule has 3 aromatic heterocycles. The maximum absolute atomic E-state index is 14.6. The van der Waals surface area contributed by atoms with Crippen LogP contribution in [-0.2, 0) is 7.05 Å². The van der Waals surface area contributed by atoms with Crippen molar-refractivity contribution >= 4 is 28.3 Å². The predicted molar refractivity (Wildman–Crippen MR) is 146 cm³/mol. The molecule has 1 saturated heterocycles. The highest BCUT2D eigenvalue weighted by atomic mass is 19.1. The Balaban J connectivity index is 1.46. The highest BCUT2D eigenvalue weighted by Crippen LogP contribution is 2.38. The lowest BCUT2D eigenvalue weighted by Crippen LogP contribution is -2.31. The Kier molecular flexibility index (Phi) is 6.50. The van der Waals surface area contributed by atoms with Crippen LogP contribution in [0.3, 0.4) is 0 Å². The van der Waals surface area contributed by atoms with Crippen LogP contribution in [0, 0.1) is 17.5 Å². The molecule has 2 aromatic carbocycles. The molecule has 0 saturated carbocycles. The van der Waals surface area contributed by atoms with Crippen molar-refractivity contribution in [1.82, 2.24) is 24.3 Å². The summed E-state index contributed by atoms with van der Waals surface area (Å²) in [5, 5.41) is 6.53. The summed E-state index contributed by atoms with van der Waals surface area (Å²) in [4.78, 5) is 37.1. The van der Waals surface area contributed by atoms with Gasteiger partial charge in [0.25, 0.3) is 11.5 Å². The van der Waals surface area contributed by atoms with Gasteiger partial charge >= 0.3 is 0 Å². The van der Waals surface area contributed by atoms with Crippen molar-refractivity contribution in [3.8, 4) is 17.1 Å². The first-order valence-electron chi connectivity index (χ1n) is 12.7. The van der Waals surface area contributed by atoms with Gasteiger partial charge in [-0.15, -0.1) is 0 Å². The van der Waals surface area contributed by atoms with Gasteiger partial charge in [0.2, 0.25) is 0 Å². The summed E-state index contributed by atoms with van der Waals surface area (Å²) in [6, 6.07) is 9.09. The number of nitrogens with one attached hydrogen (secondary N) is 1. The van der Waals surface area contributed by atoms with Gasteiger partial charge in [0.1, 0.15) is 22.6 Å². The van der Waals surface area contributed by atoms with Crippen LogP contribution in [0.4, 0.5) is 24.5 Å². The van der Waals surface area contributed by atoms with Gasteiger partial charge in [-0.25, -0.2) is 18.2 Å². The smallest absolute Gasteiger partial charge is 0.284 e. The van der Waals surface area contributed by atoms with Gasteiger partial charge in [0.15, 0.2) is 17.5 Å². The number of imidazole rings is 1. The lowest BCUT2D eigenvalue weighted by Gasteiger charge is -2.22. The molecule has 4 heterocycles. The van der Waals surface area contributed by atoms with E-state index in [9.17, 15) is 22.8 Å². The Morgan fingerprint density at radius 3 is 2.51 bits per heavy atom. The van der Waals surface area contributed by atoms with Gasteiger partial charge in [0.05, 0.1) is 28.7 Å². The number of para-hydroxylation sites is 1. The second-order valence-corrected chi connectivity index (χ2v) is 9.66. The molecule has 41 heavy (non-hydrogen) atoms. The third-order valence-corrected chi connectivity index (χ3v) is 7.07. The third-order valence-electron chi connectivity index (χ3n) is 7.07. The van der Waals surface area contributed by atoms with Crippen molar-refractivity contribution < 1.29 is 18.0 Å². The first-order valence-corrected chi connectivity index (χ1v) is 12.7. The molecule has 6 rings (SSSR count). The van der Waals surface area contributed by atoms with Gasteiger partial charge in [0, 0.05) is 38.6 Å². The number of hydrogen-bond donors (Lipinski definition) is 2. The number of halogens is 3. The Hall–Kier alpha value is -5.04. The van der Waals surface area contributed by atoms with Gasteiger partial charge in [-0.2, -0.15) is 9.78 Å². The van der Waals surface area contributed by atoms with E-state index in [-0.39, 0.29) is 17.2 Å². The summed E-state index contributed by atoms with van der Waals surface area (Å²) in [6.07, 6.45) is 4.39. The first kappa shape index (κ1) is 26.2. The molecule has 1 unspecified atom stereocenters. The number of aromatic nitrogens is 5. The second kappa shape index (κ2) is 10.2. The molecule has 1 amide bonds. The van der Waals surface area contributed by atoms with Crippen molar-refractivity contribution in [2.45, 2.75) is 12.5 Å². The average molecular weight is 561 g/mol. The molecule has 0 aliphatic carbocycles. The van der Waals surface area contributed by atoms with Crippen LogP contribution in [0.25, 0.3) is 28.1 Å². The van der Waals surface area contributed by atoms with E-state index in [1.165, 1.54) is 18.3 Å². The first-order chi connectivity index (χ1) is 19.7. The zero-order valence-electron chi connectivity index (χ0n) is 21.7. The fourth-order valence-corrected chi connectivity index (χ4v) is 5.08. The minimum atomic E-state index is -1.01. The summed E-state index contributed by atoms with van der Waals surface area (Å²) in [5.74, 6) is -3.01. The quantitative estimate of drug-likeness (QED) is 0.338. The van der Waals surface area contributed by atoms with E-state index in [0.29, 0.717) is 52.4 Å². The standard InChI is InChI=1S/C28H23F3N8O2/c1-37-22-6-5-21(35-27(40)17-8-11-34-39(28(17)41)24-18(29)3-2-4-19(24)30)25(38-12-9-15(32)14-38)23(22)36-26(37)16-7-10-33-13-20(16)31/h2-8,10-11,13,15H,9,12,14,32H2,1H3,(H,35,40). The number of carbonyl (C=O) groups is 1. The Morgan fingerprint density at radius 1 is 1.02 bits per heavy atom. The molecule has 1 fully saturated rings. The Bertz CT molecular complexity index is 1870. The molecule has 1 aliphatic heterocycles. The summed E-state index contributed by atoms with van der Waals surface area (Å²) in [6.45, 7) is 1.05. The predicted octanol–water partition coefficient (Wildman–Crippen LogP) is 3.39.